The standard InChI is InChI=1S/C19H24ClN3OS/c1-13-9-10-14(11-16(13)20)22-19(25)21-12-17(23(2)3)15-7-5-6-8-18(15)24-4/h5-11,17H,12H2,1-4H3,(H2,21,22,25)/t17-/m0/s1. The molecule has 0 bridgehead atoms. The molecule has 6 heteroatoms. The van der Waals surface area contributed by atoms with Crippen LogP contribution in [0.3, 0.4) is 0 Å². The van der Waals surface area contributed by atoms with E-state index >= 15 is 0 Å². The van der Waals surface area contributed by atoms with E-state index in [-0.39, 0.29) is 6.04 Å². The zero-order chi connectivity index (χ0) is 18.4. The third-order valence-corrected chi connectivity index (χ3v) is 4.66. The van der Waals surface area contributed by atoms with Crippen LogP contribution in [0, 0.1) is 6.92 Å². The number of hydrogen-bond donors (Lipinski definition) is 2. The van der Waals surface area contributed by atoms with E-state index in [0.29, 0.717) is 16.7 Å². The van der Waals surface area contributed by atoms with Gasteiger partial charge in [-0.2, -0.15) is 0 Å². The van der Waals surface area contributed by atoms with Crippen molar-refractivity contribution in [2.45, 2.75) is 13.0 Å². The molecule has 2 aromatic rings. The number of likely N-dealkylation sites (N-methyl/N-ethyl adjacent to an activating group) is 1. The molecule has 2 aromatic carbocycles. The zero-order valence-electron chi connectivity index (χ0n) is 15.0. The number of rotatable bonds is 6. The highest BCUT2D eigenvalue weighted by Crippen LogP contribution is 2.27. The number of nitrogens with one attached hydrogen (secondary N) is 2. The molecule has 0 radical (unpaired) electrons. The number of benzene rings is 2. The Morgan fingerprint density at radius 1 is 1.24 bits per heavy atom. The van der Waals surface area contributed by atoms with Gasteiger partial charge in [-0.15, -0.1) is 0 Å². The largest absolute Gasteiger partial charge is 0.496 e. The maximum atomic E-state index is 6.16. The summed E-state index contributed by atoms with van der Waals surface area (Å²) in [4.78, 5) is 2.14. The van der Waals surface area contributed by atoms with Gasteiger partial charge in [-0.3, -0.25) is 0 Å². The van der Waals surface area contributed by atoms with Crippen molar-refractivity contribution in [1.29, 1.82) is 0 Å². The van der Waals surface area contributed by atoms with Gasteiger partial charge in [0.1, 0.15) is 5.75 Å². The predicted molar refractivity (Wildman–Crippen MR) is 110 cm³/mol. The number of anilines is 1. The average Bonchev–Trinajstić information content (AvgIpc) is 2.58. The maximum absolute atomic E-state index is 6.16. The van der Waals surface area contributed by atoms with Crippen LogP contribution in [-0.2, 0) is 0 Å². The van der Waals surface area contributed by atoms with Crippen molar-refractivity contribution in [3.05, 3.63) is 58.6 Å². The minimum absolute atomic E-state index is 0.123. The summed E-state index contributed by atoms with van der Waals surface area (Å²) < 4.78 is 5.49. The van der Waals surface area contributed by atoms with E-state index in [4.69, 9.17) is 28.6 Å². The van der Waals surface area contributed by atoms with Crippen LogP contribution < -0.4 is 15.4 Å². The van der Waals surface area contributed by atoms with Crippen LogP contribution in [-0.4, -0.2) is 37.8 Å². The molecule has 0 aliphatic rings. The minimum atomic E-state index is 0.123. The van der Waals surface area contributed by atoms with Gasteiger partial charge in [0.25, 0.3) is 0 Å². The van der Waals surface area contributed by atoms with Crippen LogP contribution in [0.1, 0.15) is 17.2 Å². The van der Waals surface area contributed by atoms with E-state index in [1.807, 2.05) is 57.4 Å². The summed E-state index contributed by atoms with van der Waals surface area (Å²) in [5, 5.41) is 7.72. The number of halogens is 1. The molecule has 2 rings (SSSR count). The molecule has 0 amide bonds. The Hall–Kier alpha value is -1.82. The summed E-state index contributed by atoms with van der Waals surface area (Å²) in [6, 6.07) is 13.9. The van der Waals surface area contributed by atoms with Gasteiger partial charge < -0.3 is 20.3 Å². The highest BCUT2D eigenvalue weighted by molar-refractivity contribution is 7.80. The van der Waals surface area contributed by atoms with Crippen LogP contribution in [0.5, 0.6) is 5.75 Å². The number of nitrogens with zero attached hydrogens (tertiary/aromatic N) is 1. The fraction of sp³-hybridized carbons (Fsp3) is 0.316. The van der Waals surface area contributed by atoms with Gasteiger partial charge in [0, 0.05) is 22.8 Å². The number of hydrogen-bond acceptors (Lipinski definition) is 3. The van der Waals surface area contributed by atoms with Crippen molar-refractivity contribution < 1.29 is 4.74 Å². The molecule has 0 spiro atoms. The van der Waals surface area contributed by atoms with Crippen molar-refractivity contribution in [2.75, 3.05) is 33.1 Å². The Bertz CT molecular complexity index is 736. The van der Waals surface area contributed by atoms with Gasteiger partial charge >= 0.3 is 0 Å². The van der Waals surface area contributed by atoms with E-state index in [2.05, 4.69) is 21.6 Å². The van der Waals surface area contributed by atoms with Crippen LogP contribution in [0.25, 0.3) is 0 Å². The molecule has 0 fully saturated rings. The predicted octanol–water partition coefficient (Wildman–Crippen LogP) is 4.25. The second-order valence-electron chi connectivity index (χ2n) is 6.02. The van der Waals surface area contributed by atoms with Crippen LogP contribution in [0.2, 0.25) is 5.02 Å². The fourth-order valence-corrected chi connectivity index (χ4v) is 2.93. The van der Waals surface area contributed by atoms with Crippen molar-refractivity contribution in [3.63, 3.8) is 0 Å². The first-order chi connectivity index (χ1) is 11.9. The Labute approximate surface area is 160 Å². The van der Waals surface area contributed by atoms with Crippen molar-refractivity contribution in [3.8, 4) is 5.75 Å². The van der Waals surface area contributed by atoms with Gasteiger partial charge in [0.15, 0.2) is 5.11 Å². The highest BCUT2D eigenvalue weighted by Gasteiger charge is 2.18. The van der Waals surface area contributed by atoms with Gasteiger partial charge in [0.2, 0.25) is 0 Å². The Morgan fingerprint density at radius 3 is 2.60 bits per heavy atom. The van der Waals surface area contributed by atoms with E-state index in [1.165, 1.54) is 0 Å². The van der Waals surface area contributed by atoms with Crippen molar-refractivity contribution in [2.24, 2.45) is 0 Å². The average molecular weight is 378 g/mol. The quantitative estimate of drug-likeness (QED) is 0.736. The van der Waals surface area contributed by atoms with Crippen LogP contribution in [0.15, 0.2) is 42.5 Å². The van der Waals surface area contributed by atoms with Gasteiger partial charge in [-0.25, -0.2) is 0 Å². The van der Waals surface area contributed by atoms with Gasteiger partial charge in [-0.05, 0) is 57.0 Å². The molecule has 25 heavy (non-hydrogen) atoms. The van der Waals surface area contributed by atoms with Crippen molar-refractivity contribution in [1.82, 2.24) is 10.2 Å². The lowest BCUT2D eigenvalue weighted by Gasteiger charge is -2.27. The molecule has 0 heterocycles. The van der Waals surface area contributed by atoms with Crippen LogP contribution in [0.4, 0.5) is 5.69 Å². The summed E-state index contributed by atoms with van der Waals surface area (Å²) in [6.07, 6.45) is 0. The SMILES string of the molecule is COc1ccccc1[C@H](CNC(=S)Nc1ccc(C)c(Cl)c1)N(C)C. The Balaban J connectivity index is 2.03. The molecule has 134 valence electrons. The molecule has 0 saturated carbocycles. The number of para-hydroxylation sites is 1. The second-order valence-corrected chi connectivity index (χ2v) is 6.84. The molecule has 0 aromatic heterocycles. The van der Waals surface area contributed by atoms with E-state index in [1.54, 1.807) is 7.11 Å². The molecule has 0 saturated heterocycles. The lowest BCUT2D eigenvalue weighted by Crippen LogP contribution is -2.36. The van der Waals surface area contributed by atoms with E-state index < -0.39 is 0 Å². The molecular formula is C19H24ClN3OS. The highest BCUT2D eigenvalue weighted by atomic mass is 35.5. The molecule has 0 unspecified atom stereocenters. The van der Waals surface area contributed by atoms with Crippen LogP contribution >= 0.6 is 23.8 Å². The minimum Gasteiger partial charge on any atom is -0.496 e. The molecule has 4 nitrogen and oxygen atoms in total. The first-order valence-corrected chi connectivity index (χ1v) is 8.81. The summed E-state index contributed by atoms with van der Waals surface area (Å²) in [5.74, 6) is 0.868. The van der Waals surface area contributed by atoms with E-state index in [9.17, 15) is 0 Å². The smallest absolute Gasteiger partial charge is 0.170 e. The number of methoxy groups -OCH3 is 1. The lowest BCUT2D eigenvalue weighted by atomic mass is 10.0. The van der Waals surface area contributed by atoms with Gasteiger partial charge in [-0.1, -0.05) is 35.9 Å². The van der Waals surface area contributed by atoms with Gasteiger partial charge in [0.05, 0.1) is 13.2 Å². The molecule has 0 aliphatic carbocycles. The zero-order valence-corrected chi connectivity index (χ0v) is 16.5. The maximum Gasteiger partial charge on any atom is 0.170 e. The monoisotopic (exact) mass is 377 g/mol. The molecule has 2 N–H and O–H groups in total. The molecular weight excluding hydrogens is 354 g/mol. The number of ether oxygens (including phenoxy) is 1. The molecule has 1 atom stereocenters. The Morgan fingerprint density at radius 2 is 1.96 bits per heavy atom. The van der Waals surface area contributed by atoms with Crippen molar-refractivity contribution >= 4 is 34.6 Å². The first kappa shape index (κ1) is 19.5. The number of thiocarbonyl (C=S) groups is 1. The normalized spacial score (nSPS) is 11.9. The third-order valence-electron chi connectivity index (χ3n) is 4.01. The first-order valence-electron chi connectivity index (χ1n) is 8.02. The summed E-state index contributed by atoms with van der Waals surface area (Å²) in [7, 11) is 5.76. The molecule has 0 aliphatic heterocycles. The second kappa shape index (κ2) is 9.04. The summed E-state index contributed by atoms with van der Waals surface area (Å²) >= 11 is 11.6. The summed E-state index contributed by atoms with van der Waals surface area (Å²) in [5.41, 5.74) is 3.02. The summed E-state index contributed by atoms with van der Waals surface area (Å²) in [6.45, 7) is 2.62. The Kier molecular flexibility index (Phi) is 7.05. The fourth-order valence-electron chi connectivity index (χ4n) is 2.55. The number of aryl methyl sites for hydroxylation is 1. The third kappa shape index (κ3) is 5.33. The topological polar surface area (TPSA) is 36.5 Å². The van der Waals surface area contributed by atoms with E-state index in [0.717, 1.165) is 22.6 Å². The lowest BCUT2D eigenvalue weighted by molar-refractivity contribution is 0.288.